The van der Waals surface area contributed by atoms with Gasteiger partial charge in [-0.2, -0.15) is 0 Å². The largest absolute Gasteiger partial charge is 0.497 e. The summed E-state index contributed by atoms with van der Waals surface area (Å²) in [5.74, 6) is 0.00865. The van der Waals surface area contributed by atoms with Crippen LogP contribution in [0.15, 0.2) is 18.2 Å². The molecule has 0 radical (unpaired) electrons. The summed E-state index contributed by atoms with van der Waals surface area (Å²) in [7, 11) is 1.53. The molecule has 0 aromatic heterocycles. The zero-order valence-corrected chi connectivity index (χ0v) is 10.7. The van der Waals surface area contributed by atoms with E-state index in [1.807, 2.05) is 0 Å². The Labute approximate surface area is 106 Å². The normalized spacial score (nSPS) is 11.7. The number of hydrogen-bond donors (Lipinski definition) is 1. The number of hydrogen-bond acceptors (Lipinski definition) is 4. The fourth-order valence-corrected chi connectivity index (χ4v) is 1.34. The Balaban J connectivity index is 2.90. The molecule has 1 amide bonds. The number of methoxy groups -OCH3 is 1. The first kappa shape index (κ1) is 14.0. The van der Waals surface area contributed by atoms with Crippen molar-refractivity contribution in [3.8, 4) is 11.5 Å². The smallest absolute Gasteiger partial charge is 0.223 e. The number of carbonyl (C=O) groups is 2. The van der Waals surface area contributed by atoms with Gasteiger partial charge in [0.1, 0.15) is 11.5 Å². The van der Waals surface area contributed by atoms with Crippen LogP contribution in [0.2, 0.25) is 0 Å². The Hall–Kier alpha value is -2.04. The average molecular weight is 251 g/mol. The molecule has 2 N–H and O–H groups in total. The van der Waals surface area contributed by atoms with Crippen molar-refractivity contribution in [1.29, 1.82) is 0 Å². The van der Waals surface area contributed by atoms with Crippen LogP contribution in [0.5, 0.6) is 11.5 Å². The summed E-state index contributed by atoms with van der Waals surface area (Å²) < 4.78 is 10.5. The van der Waals surface area contributed by atoms with E-state index in [-0.39, 0.29) is 12.4 Å². The average Bonchev–Trinajstić information content (AvgIpc) is 2.34. The van der Waals surface area contributed by atoms with E-state index in [1.165, 1.54) is 14.0 Å². The van der Waals surface area contributed by atoms with Crippen molar-refractivity contribution in [3.05, 3.63) is 23.8 Å². The molecule has 1 aromatic carbocycles. The van der Waals surface area contributed by atoms with Gasteiger partial charge in [0.15, 0.2) is 5.78 Å². The van der Waals surface area contributed by atoms with E-state index in [0.717, 1.165) is 0 Å². The summed E-state index contributed by atoms with van der Waals surface area (Å²) in [4.78, 5) is 22.3. The minimum Gasteiger partial charge on any atom is -0.497 e. The Bertz CT molecular complexity index is 456. The number of nitrogens with two attached hydrogens (primary N) is 1. The maximum atomic E-state index is 11.4. The lowest BCUT2D eigenvalue weighted by Crippen LogP contribution is -2.26. The fraction of sp³-hybridized carbons (Fsp3) is 0.385. The molecule has 1 aromatic rings. The minimum atomic E-state index is -0.442. The van der Waals surface area contributed by atoms with Crippen molar-refractivity contribution in [2.75, 3.05) is 13.7 Å². The van der Waals surface area contributed by atoms with Gasteiger partial charge in [0.2, 0.25) is 5.91 Å². The highest BCUT2D eigenvalue weighted by molar-refractivity contribution is 5.97. The molecular weight excluding hydrogens is 234 g/mol. The molecular formula is C13H17NO4. The second-order valence-electron chi connectivity index (χ2n) is 4.03. The number of ether oxygens (including phenoxy) is 2. The van der Waals surface area contributed by atoms with Gasteiger partial charge >= 0.3 is 0 Å². The van der Waals surface area contributed by atoms with E-state index >= 15 is 0 Å². The predicted molar refractivity (Wildman–Crippen MR) is 66.9 cm³/mol. The second-order valence-corrected chi connectivity index (χ2v) is 4.03. The summed E-state index contributed by atoms with van der Waals surface area (Å²) in [6.45, 7) is 3.24. The van der Waals surface area contributed by atoms with Crippen molar-refractivity contribution in [2.45, 2.75) is 13.8 Å². The zero-order chi connectivity index (χ0) is 13.7. The van der Waals surface area contributed by atoms with E-state index in [1.54, 1.807) is 25.1 Å². The highest BCUT2D eigenvalue weighted by Crippen LogP contribution is 2.25. The molecule has 0 aliphatic heterocycles. The van der Waals surface area contributed by atoms with Gasteiger partial charge < -0.3 is 15.2 Å². The standard InChI is InChI=1S/C13H17NO4/c1-8(13(14)16)7-18-12-6-10(17-3)4-5-11(12)9(2)15/h4-6,8H,7H2,1-3H3,(H2,14,16). The first-order valence-electron chi connectivity index (χ1n) is 5.56. The van der Waals surface area contributed by atoms with Crippen LogP contribution in [-0.2, 0) is 4.79 Å². The number of primary amides is 1. The fourth-order valence-electron chi connectivity index (χ4n) is 1.34. The molecule has 5 heteroatoms. The van der Waals surface area contributed by atoms with Crippen molar-refractivity contribution >= 4 is 11.7 Å². The van der Waals surface area contributed by atoms with E-state index in [2.05, 4.69) is 0 Å². The number of ketones is 1. The molecule has 0 spiro atoms. The third-order valence-corrected chi connectivity index (χ3v) is 2.54. The molecule has 98 valence electrons. The molecule has 0 saturated carbocycles. The Kier molecular flexibility index (Phi) is 4.71. The lowest BCUT2D eigenvalue weighted by atomic mass is 10.1. The van der Waals surface area contributed by atoms with Crippen LogP contribution >= 0.6 is 0 Å². The molecule has 0 fully saturated rings. The highest BCUT2D eigenvalue weighted by atomic mass is 16.5. The molecule has 1 rings (SSSR count). The van der Waals surface area contributed by atoms with Gasteiger partial charge in [-0.05, 0) is 19.1 Å². The van der Waals surface area contributed by atoms with Crippen LogP contribution in [0.4, 0.5) is 0 Å². The summed E-state index contributed by atoms with van der Waals surface area (Å²) >= 11 is 0. The molecule has 1 atom stereocenters. The maximum absolute atomic E-state index is 11.4. The first-order valence-corrected chi connectivity index (χ1v) is 5.56. The number of rotatable bonds is 6. The summed E-state index contributed by atoms with van der Waals surface area (Å²) in [5.41, 5.74) is 5.59. The lowest BCUT2D eigenvalue weighted by molar-refractivity contribution is -0.122. The van der Waals surface area contributed by atoms with Gasteiger partial charge in [0, 0.05) is 6.07 Å². The summed E-state index contributed by atoms with van der Waals surface area (Å²) in [6.07, 6.45) is 0. The van der Waals surface area contributed by atoms with Crippen LogP contribution in [-0.4, -0.2) is 25.4 Å². The van der Waals surface area contributed by atoms with Gasteiger partial charge in [-0.3, -0.25) is 9.59 Å². The maximum Gasteiger partial charge on any atom is 0.223 e. The van der Waals surface area contributed by atoms with Gasteiger partial charge in [-0.1, -0.05) is 6.92 Å². The molecule has 0 aliphatic rings. The second kappa shape index (κ2) is 6.05. The number of amides is 1. The van der Waals surface area contributed by atoms with Crippen molar-refractivity contribution in [3.63, 3.8) is 0 Å². The Morgan fingerprint density at radius 3 is 2.56 bits per heavy atom. The van der Waals surface area contributed by atoms with Crippen LogP contribution in [0.25, 0.3) is 0 Å². The molecule has 0 saturated heterocycles. The first-order chi connectivity index (χ1) is 8.45. The predicted octanol–water partition coefficient (Wildman–Crippen LogP) is 1.40. The molecule has 5 nitrogen and oxygen atoms in total. The van der Waals surface area contributed by atoms with Crippen molar-refractivity contribution < 1.29 is 19.1 Å². The lowest BCUT2D eigenvalue weighted by Gasteiger charge is -2.13. The molecule has 0 heterocycles. The van der Waals surface area contributed by atoms with E-state index < -0.39 is 11.8 Å². The minimum absolute atomic E-state index is 0.112. The third-order valence-electron chi connectivity index (χ3n) is 2.54. The number of carbonyl (C=O) groups excluding carboxylic acids is 2. The van der Waals surface area contributed by atoms with Gasteiger partial charge in [0.05, 0.1) is 25.2 Å². The summed E-state index contributed by atoms with van der Waals surface area (Å²) in [5, 5.41) is 0. The third kappa shape index (κ3) is 3.48. The van der Waals surface area contributed by atoms with Crippen LogP contribution in [0.1, 0.15) is 24.2 Å². The Morgan fingerprint density at radius 1 is 1.39 bits per heavy atom. The molecule has 0 bridgehead atoms. The monoisotopic (exact) mass is 251 g/mol. The zero-order valence-electron chi connectivity index (χ0n) is 10.7. The van der Waals surface area contributed by atoms with Crippen molar-refractivity contribution in [2.24, 2.45) is 11.7 Å². The molecule has 18 heavy (non-hydrogen) atoms. The topological polar surface area (TPSA) is 78.6 Å². The van der Waals surface area contributed by atoms with Gasteiger partial charge in [-0.25, -0.2) is 0 Å². The van der Waals surface area contributed by atoms with Crippen molar-refractivity contribution in [1.82, 2.24) is 0 Å². The highest BCUT2D eigenvalue weighted by Gasteiger charge is 2.14. The molecule has 0 aliphatic carbocycles. The summed E-state index contributed by atoms with van der Waals surface area (Å²) in [6, 6.07) is 4.93. The van der Waals surface area contributed by atoms with E-state index in [4.69, 9.17) is 15.2 Å². The van der Waals surface area contributed by atoms with Crippen LogP contribution in [0.3, 0.4) is 0 Å². The van der Waals surface area contributed by atoms with E-state index in [9.17, 15) is 9.59 Å². The number of benzene rings is 1. The van der Waals surface area contributed by atoms with Gasteiger partial charge in [0.25, 0.3) is 0 Å². The Morgan fingerprint density at radius 2 is 2.06 bits per heavy atom. The quantitative estimate of drug-likeness (QED) is 0.775. The SMILES string of the molecule is COc1ccc(C(C)=O)c(OCC(C)C(N)=O)c1. The number of Topliss-reactive ketones (excluding diaryl/α,β-unsaturated/α-hetero) is 1. The van der Waals surface area contributed by atoms with Crippen LogP contribution in [0, 0.1) is 5.92 Å². The van der Waals surface area contributed by atoms with Gasteiger partial charge in [-0.15, -0.1) is 0 Å². The molecule has 1 unspecified atom stereocenters. The van der Waals surface area contributed by atoms with E-state index in [0.29, 0.717) is 17.1 Å². The van der Waals surface area contributed by atoms with Crippen LogP contribution < -0.4 is 15.2 Å².